The number of aromatic nitrogens is 2. The number of rotatable bonds is 6. The van der Waals surface area contributed by atoms with Gasteiger partial charge in [-0.2, -0.15) is 0 Å². The van der Waals surface area contributed by atoms with Gasteiger partial charge in [-0.3, -0.25) is 0 Å². The summed E-state index contributed by atoms with van der Waals surface area (Å²) in [7, 11) is 1.54. The zero-order valence-electron chi connectivity index (χ0n) is 15.8. The standard InChI is InChI=1S/C22H16Cl2FN3O2/c1-29-19-10-8-15(12-18(19)24)26-20(16-9-7-14(25)11-17(16)23)22-28-27-21(30-22)13-5-3-2-4-6-13/h2-12,20,26H,1H3. The Bertz CT molecular complexity index is 1170. The fourth-order valence-electron chi connectivity index (χ4n) is 2.98. The maximum atomic E-state index is 13.6. The molecule has 0 fully saturated rings. The highest BCUT2D eigenvalue weighted by atomic mass is 35.5. The highest BCUT2D eigenvalue weighted by Crippen LogP contribution is 2.35. The summed E-state index contributed by atoms with van der Waals surface area (Å²) in [6.45, 7) is 0. The summed E-state index contributed by atoms with van der Waals surface area (Å²) in [4.78, 5) is 0. The summed E-state index contributed by atoms with van der Waals surface area (Å²) in [6.07, 6.45) is 0. The first kappa shape index (κ1) is 20.2. The van der Waals surface area contributed by atoms with Crippen LogP contribution in [0.15, 0.2) is 71.1 Å². The van der Waals surface area contributed by atoms with Crippen molar-refractivity contribution in [2.75, 3.05) is 12.4 Å². The molecule has 1 heterocycles. The third kappa shape index (κ3) is 4.25. The van der Waals surface area contributed by atoms with E-state index in [-0.39, 0.29) is 10.9 Å². The summed E-state index contributed by atoms with van der Waals surface area (Å²) in [5.74, 6) is 0.742. The van der Waals surface area contributed by atoms with Gasteiger partial charge in [0.15, 0.2) is 0 Å². The van der Waals surface area contributed by atoms with Crippen LogP contribution in [0.1, 0.15) is 17.5 Å². The van der Waals surface area contributed by atoms with Crippen molar-refractivity contribution in [1.82, 2.24) is 10.2 Å². The average molecular weight is 444 g/mol. The zero-order chi connectivity index (χ0) is 21.1. The molecule has 1 unspecified atom stereocenters. The van der Waals surface area contributed by atoms with Crippen molar-refractivity contribution in [1.29, 1.82) is 0 Å². The van der Waals surface area contributed by atoms with Crippen LogP contribution in [0.3, 0.4) is 0 Å². The second-order valence-electron chi connectivity index (χ2n) is 6.40. The summed E-state index contributed by atoms with van der Waals surface area (Å²) in [6, 6.07) is 18.1. The van der Waals surface area contributed by atoms with Crippen LogP contribution in [0, 0.1) is 5.82 Å². The molecule has 0 aliphatic rings. The number of hydrogen-bond donors (Lipinski definition) is 1. The largest absolute Gasteiger partial charge is 0.495 e. The van der Waals surface area contributed by atoms with Crippen LogP contribution in [0.4, 0.5) is 10.1 Å². The summed E-state index contributed by atoms with van der Waals surface area (Å²) in [5, 5.41) is 12.3. The number of benzene rings is 3. The van der Waals surface area contributed by atoms with Crippen LogP contribution in [-0.2, 0) is 0 Å². The third-order valence-corrected chi connectivity index (χ3v) is 5.07. The third-order valence-electron chi connectivity index (χ3n) is 4.44. The number of nitrogens with zero attached hydrogens (tertiary/aromatic N) is 2. The van der Waals surface area contributed by atoms with Gasteiger partial charge >= 0.3 is 0 Å². The predicted octanol–water partition coefficient (Wildman–Crippen LogP) is 6.39. The molecule has 1 N–H and O–H groups in total. The van der Waals surface area contributed by atoms with E-state index in [9.17, 15) is 4.39 Å². The molecular weight excluding hydrogens is 428 g/mol. The first-order chi connectivity index (χ1) is 14.5. The summed E-state index contributed by atoms with van der Waals surface area (Å²) in [5.41, 5.74) is 2.03. The van der Waals surface area contributed by atoms with Crippen LogP contribution >= 0.6 is 23.2 Å². The molecule has 0 saturated carbocycles. The highest BCUT2D eigenvalue weighted by molar-refractivity contribution is 6.32. The normalized spacial score (nSPS) is 11.9. The minimum atomic E-state index is -0.632. The lowest BCUT2D eigenvalue weighted by Crippen LogP contribution is -2.13. The number of ether oxygens (including phenoxy) is 1. The smallest absolute Gasteiger partial charge is 0.247 e. The molecule has 0 bridgehead atoms. The Morgan fingerprint density at radius 1 is 0.967 bits per heavy atom. The molecule has 5 nitrogen and oxygen atoms in total. The van der Waals surface area contributed by atoms with E-state index in [1.54, 1.807) is 31.4 Å². The SMILES string of the molecule is COc1ccc(NC(c2nnc(-c3ccccc3)o2)c2ccc(F)cc2Cl)cc1Cl. The van der Waals surface area contributed by atoms with Crippen molar-refractivity contribution in [3.8, 4) is 17.2 Å². The van der Waals surface area contributed by atoms with Crippen molar-refractivity contribution in [2.45, 2.75) is 6.04 Å². The van der Waals surface area contributed by atoms with Crippen molar-refractivity contribution in [2.24, 2.45) is 0 Å². The highest BCUT2D eigenvalue weighted by Gasteiger charge is 2.24. The van der Waals surface area contributed by atoms with Crippen molar-refractivity contribution in [3.05, 3.63) is 94.0 Å². The number of hydrogen-bond acceptors (Lipinski definition) is 5. The molecular formula is C22H16Cl2FN3O2. The van der Waals surface area contributed by atoms with Crippen molar-refractivity contribution in [3.63, 3.8) is 0 Å². The first-order valence-electron chi connectivity index (χ1n) is 8.99. The molecule has 0 saturated heterocycles. The number of anilines is 1. The molecule has 4 rings (SSSR count). The minimum absolute atomic E-state index is 0.228. The molecule has 0 aliphatic heterocycles. The predicted molar refractivity (Wildman–Crippen MR) is 115 cm³/mol. The fraction of sp³-hybridized carbons (Fsp3) is 0.0909. The van der Waals surface area contributed by atoms with Crippen LogP contribution in [0.5, 0.6) is 5.75 Å². The van der Waals surface area contributed by atoms with E-state index in [2.05, 4.69) is 15.5 Å². The molecule has 0 amide bonds. The molecule has 4 aromatic rings. The minimum Gasteiger partial charge on any atom is -0.495 e. The van der Waals surface area contributed by atoms with E-state index in [1.165, 1.54) is 12.1 Å². The van der Waals surface area contributed by atoms with Gasteiger partial charge in [-0.25, -0.2) is 4.39 Å². The lowest BCUT2D eigenvalue weighted by atomic mass is 10.1. The summed E-state index contributed by atoms with van der Waals surface area (Å²) >= 11 is 12.6. The Labute approximate surface area is 182 Å². The van der Waals surface area contributed by atoms with Crippen LogP contribution in [0.25, 0.3) is 11.5 Å². The maximum Gasteiger partial charge on any atom is 0.247 e. The van der Waals surface area contributed by atoms with Gasteiger partial charge in [0, 0.05) is 21.8 Å². The Kier molecular flexibility index (Phi) is 5.88. The van der Waals surface area contributed by atoms with Gasteiger partial charge in [0.2, 0.25) is 11.8 Å². The van der Waals surface area contributed by atoms with Gasteiger partial charge in [-0.1, -0.05) is 47.5 Å². The van der Waals surface area contributed by atoms with E-state index in [1.807, 2.05) is 30.3 Å². The van der Waals surface area contributed by atoms with Crippen LogP contribution < -0.4 is 10.1 Å². The van der Waals surface area contributed by atoms with E-state index in [4.69, 9.17) is 32.4 Å². The van der Waals surface area contributed by atoms with Crippen molar-refractivity contribution < 1.29 is 13.5 Å². The van der Waals surface area contributed by atoms with E-state index in [0.29, 0.717) is 27.9 Å². The van der Waals surface area contributed by atoms with Gasteiger partial charge in [0.1, 0.15) is 17.6 Å². The van der Waals surface area contributed by atoms with Gasteiger partial charge < -0.3 is 14.5 Å². The van der Waals surface area contributed by atoms with E-state index in [0.717, 1.165) is 5.56 Å². The van der Waals surface area contributed by atoms with Gasteiger partial charge in [-0.15, -0.1) is 10.2 Å². The van der Waals surface area contributed by atoms with E-state index < -0.39 is 11.9 Å². The molecule has 8 heteroatoms. The van der Waals surface area contributed by atoms with Crippen molar-refractivity contribution >= 4 is 28.9 Å². The first-order valence-corrected chi connectivity index (χ1v) is 9.74. The Balaban J connectivity index is 1.74. The molecule has 30 heavy (non-hydrogen) atoms. The topological polar surface area (TPSA) is 60.2 Å². The Hall–Kier alpha value is -3.09. The second-order valence-corrected chi connectivity index (χ2v) is 7.22. The molecule has 152 valence electrons. The molecule has 1 atom stereocenters. The lowest BCUT2D eigenvalue weighted by molar-refractivity contribution is 0.415. The fourth-order valence-corrected chi connectivity index (χ4v) is 3.51. The van der Waals surface area contributed by atoms with Crippen LogP contribution in [0.2, 0.25) is 10.0 Å². The van der Waals surface area contributed by atoms with Gasteiger partial charge in [0.25, 0.3) is 0 Å². The molecule has 3 aromatic carbocycles. The molecule has 0 spiro atoms. The molecule has 0 radical (unpaired) electrons. The number of methoxy groups -OCH3 is 1. The zero-order valence-corrected chi connectivity index (χ0v) is 17.3. The van der Waals surface area contributed by atoms with E-state index >= 15 is 0 Å². The molecule has 0 aliphatic carbocycles. The number of halogens is 3. The van der Waals surface area contributed by atoms with Gasteiger partial charge in [0.05, 0.1) is 12.1 Å². The Morgan fingerprint density at radius 2 is 1.77 bits per heavy atom. The second kappa shape index (κ2) is 8.73. The van der Waals surface area contributed by atoms with Gasteiger partial charge in [-0.05, 0) is 42.5 Å². The summed E-state index contributed by atoms with van der Waals surface area (Å²) < 4.78 is 24.7. The maximum absolute atomic E-state index is 13.6. The lowest BCUT2D eigenvalue weighted by Gasteiger charge is -2.19. The number of nitrogens with one attached hydrogen (secondary N) is 1. The Morgan fingerprint density at radius 3 is 2.47 bits per heavy atom. The van der Waals surface area contributed by atoms with Crippen LogP contribution in [-0.4, -0.2) is 17.3 Å². The monoisotopic (exact) mass is 443 g/mol. The average Bonchev–Trinajstić information content (AvgIpc) is 3.23. The molecule has 1 aromatic heterocycles. The quantitative estimate of drug-likeness (QED) is 0.373.